The number of hydrogen-bond acceptors (Lipinski definition) is 5. The van der Waals surface area contributed by atoms with Crippen molar-refractivity contribution in [2.75, 3.05) is 59.1 Å². The number of hydrogen-bond donors (Lipinski definition) is 1. The van der Waals surface area contributed by atoms with E-state index < -0.39 is 11.7 Å². The molecule has 1 unspecified atom stereocenters. The molecule has 1 aromatic heterocycles. The topological polar surface area (TPSA) is 62.2 Å². The zero-order chi connectivity index (χ0) is 20.7. The summed E-state index contributed by atoms with van der Waals surface area (Å²) in [5, 5.41) is 3.31. The number of alkyl halides is 3. The third kappa shape index (κ3) is 7.12. The Bertz CT molecular complexity index is 669. The zero-order valence-corrected chi connectivity index (χ0v) is 19.4. The Labute approximate surface area is 192 Å². The molecule has 170 valence electrons. The van der Waals surface area contributed by atoms with Gasteiger partial charge in [0.1, 0.15) is 6.61 Å². The number of guanidine groups is 1. The minimum atomic E-state index is -4.40. The molecule has 0 spiro atoms. The molecule has 11 heteroatoms. The van der Waals surface area contributed by atoms with Gasteiger partial charge in [-0.25, -0.2) is 9.98 Å². The van der Waals surface area contributed by atoms with Gasteiger partial charge in [0.05, 0.1) is 25.3 Å². The number of nitrogens with zero attached hydrogens (tertiary/aromatic N) is 4. The second-order valence-electron chi connectivity index (χ2n) is 7.00. The highest BCUT2D eigenvalue weighted by atomic mass is 127. The Morgan fingerprint density at radius 3 is 2.70 bits per heavy atom. The van der Waals surface area contributed by atoms with E-state index in [1.165, 1.54) is 6.07 Å². The van der Waals surface area contributed by atoms with E-state index in [2.05, 4.69) is 25.1 Å². The van der Waals surface area contributed by atoms with Crippen molar-refractivity contribution in [3.05, 3.63) is 23.9 Å². The van der Waals surface area contributed by atoms with Crippen molar-refractivity contribution in [1.29, 1.82) is 0 Å². The normalized spacial score (nSPS) is 20.7. The van der Waals surface area contributed by atoms with Gasteiger partial charge in [0, 0.05) is 51.0 Å². The average Bonchev–Trinajstić information content (AvgIpc) is 3.21. The second-order valence-corrected chi connectivity index (χ2v) is 7.00. The van der Waals surface area contributed by atoms with Gasteiger partial charge in [0.15, 0.2) is 5.96 Å². The molecule has 2 fully saturated rings. The Kier molecular flexibility index (Phi) is 9.88. The van der Waals surface area contributed by atoms with E-state index in [9.17, 15) is 13.2 Å². The fourth-order valence-electron chi connectivity index (χ4n) is 3.54. The van der Waals surface area contributed by atoms with Gasteiger partial charge in [-0.2, -0.15) is 13.2 Å². The SMILES string of the molecule is CCNC(=NCCOc1ccc(C(F)(F)F)cn1)N1CCC(N2CCOCC2)C1.I. The van der Waals surface area contributed by atoms with Crippen molar-refractivity contribution in [1.82, 2.24) is 20.1 Å². The molecule has 2 aliphatic rings. The fourth-order valence-corrected chi connectivity index (χ4v) is 3.54. The van der Waals surface area contributed by atoms with Crippen LogP contribution in [-0.2, 0) is 10.9 Å². The van der Waals surface area contributed by atoms with Gasteiger partial charge in [-0.1, -0.05) is 0 Å². The molecule has 0 radical (unpaired) electrons. The average molecular weight is 543 g/mol. The summed E-state index contributed by atoms with van der Waals surface area (Å²) in [4.78, 5) is 13.0. The monoisotopic (exact) mass is 543 g/mol. The molecule has 3 heterocycles. The molecule has 0 saturated carbocycles. The van der Waals surface area contributed by atoms with E-state index in [4.69, 9.17) is 9.47 Å². The maximum Gasteiger partial charge on any atom is 0.417 e. The van der Waals surface area contributed by atoms with Crippen molar-refractivity contribution < 1.29 is 22.6 Å². The summed E-state index contributed by atoms with van der Waals surface area (Å²) in [5.41, 5.74) is -0.791. The lowest BCUT2D eigenvalue weighted by molar-refractivity contribution is -0.137. The number of pyridine rings is 1. The summed E-state index contributed by atoms with van der Waals surface area (Å²) in [5.74, 6) is 0.999. The van der Waals surface area contributed by atoms with Crippen molar-refractivity contribution in [3.63, 3.8) is 0 Å². The lowest BCUT2D eigenvalue weighted by Gasteiger charge is -2.32. The summed E-state index contributed by atoms with van der Waals surface area (Å²) >= 11 is 0. The highest BCUT2D eigenvalue weighted by Crippen LogP contribution is 2.29. The standard InChI is InChI=1S/C19H28F3N5O2.HI/c1-2-23-18(27-7-5-16(14-27)26-8-11-28-12-9-26)24-6-10-29-17-4-3-15(13-25-17)19(20,21)22;/h3-4,13,16H,2,5-12,14H2,1H3,(H,23,24);1H. The van der Waals surface area contributed by atoms with E-state index in [1.54, 1.807) is 0 Å². The first-order valence-corrected chi connectivity index (χ1v) is 9.98. The van der Waals surface area contributed by atoms with Gasteiger partial charge in [0.2, 0.25) is 5.88 Å². The number of likely N-dealkylation sites (tertiary alicyclic amines) is 1. The molecule has 30 heavy (non-hydrogen) atoms. The number of ether oxygens (including phenoxy) is 2. The molecule has 1 aromatic rings. The first-order chi connectivity index (χ1) is 14.0. The van der Waals surface area contributed by atoms with Crippen molar-refractivity contribution in [3.8, 4) is 5.88 Å². The highest BCUT2D eigenvalue weighted by Gasteiger charge is 2.31. The number of nitrogens with one attached hydrogen (secondary N) is 1. The van der Waals surface area contributed by atoms with Crippen molar-refractivity contribution in [2.45, 2.75) is 25.6 Å². The van der Waals surface area contributed by atoms with Gasteiger partial charge in [-0.15, -0.1) is 24.0 Å². The lowest BCUT2D eigenvalue weighted by atomic mass is 10.2. The molecule has 3 rings (SSSR count). The van der Waals surface area contributed by atoms with Gasteiger partial charge in [-0.05, 0) is 19.4 Å². The van der Waals surface area contributed by atoms with Gasteiger partial charge < -0.3 is 19.7 Å². The number of halogens is 4. The fraction of sp³-hybridized carbons (Fsp3) is 0.684. The Balaban J connectivity index is 0.00000320. The number of morpholine rings is 1. The largest absolute Gasteiger partial charge is 0.476 e. The summed E-state index contributed by atoms with van der Waals surface area (Å²) in [6, 6.07) is 2.70. The summed E-state index contributed by atoms with van der Waals surface area (Å²) in [7, 11) is 0. The predicted octanol–water partition coefficient (Wildman–Crippen LogP) is 2.47. The van der Waals surface area contributed by atoms with Crippen molar-refractivity contribution >= 4 is 29.9 Å². The Morgan fingerprint density at radius 1 is 1.30 bits per heavy atom. The maximum absolute atomic E-state index is 12.6. The van der Waals surface area contributed by atoms with Crippen molar-refractivity contribution in [2.24, 2.45) is 4.99 Å². The molecule has 1 atom stereocenters. The molecule has 2 saturated heterocycles. The number of aromatic nitrogens is 1. The van der Waals surface area contributed by atoms with Gasteiger partial charge in [0.25, 0.3) is 0 Å². The third-order valence-electron chi connectivity index (χ3n) is 5.03. The molecule has 0 bridgehead atoms. The Hall–Kier alpha value is -1.34. The minimum Gasteiger partial charge on any atom is -0.476 e. The van der Waals surface area contributed by atoms with E-state index in [0.29, 0.717) is 12.6 Å². The quantitative estimate of drug-likeness (QED) is 0.258. The second kappa shape index (κ2) is 11.9. The van der Waals surface area contributed by atoms with E-state index in [1.807, 2.05) is 6.92 Å². The van der Waals surface area contributed by atoms with Crippen LogP contribution in [0, 0.1) is 0 Å². The van der Waals surface area contributed by atoms with Crippen LogP contribution in [0.1, 0.15) is 18.9 Å². The lowest BCUT2D eigenvalue weighted by Crippen LogP contribution is -2.46. The van der Waals surface area contributed by atoms with E-state index >= 15 is 0 Å². The van der Waals surface area contributed by atoms with Crippen LogP contribution in [0.15, 0.2) is 23.3 Å². The number of aliphatic imine (C=N–C) groups is 1. The predicted molar refractivity (Wildman–Crippen MR) is 118 cm³/mol. The van der Waals surface area contributed by atoms with E-state index in [-0.39, 0.29) is 36.5 Å². The molecular weight excluding hydrogens is 514 g/mol. The summed E-state index contributed by atoms with van der Waals surface area (Å²) in [6.07, 6.45) is -2.53. The van der Waals surface area contributed by atoms with Crippen LogP contribution < -0.4 is 10.1 Å². The van der Waals surface area contributed by atoms with Gasteiger partial charge in [-0.3, -0.25) is 4.90 Å². The maximum atomic E-state index is 12.6. The minimum absolute atomic E-state index is 0. The van der Waals surface area contributed by atoms with Gasteiger partial charge >= 0.3 is 6.18 Å². The van der Waals surface area contributed by atoms with Crippen LogP contribution in [0.25, 0.3) is 0 Å². The first-order valence-electron chi connectivity index (χ1n) is 9.98. The van der Waals surface area contributed by atoms with Crippen LogP contribution >= 0.6 is 24.0 Å². The molecule has 0 aliphatic carbocycles. The first kappa shape index (κ1) is 24.9. The summed E-state index contributed by atoms with van der Waals surface area (Å²) in [6.45, 7) is 8.81. The zero-order valence-electron chi connectivity index (χ0n) is 17.0. The smallest absolute Gasteiger partial charge is 0.417 e. The molecule has 0 aromatic carbocycles. The van der Waals surface area contributed by atoms with E-state index in [0.717, 1.165) is 70.6 Å². The van der Waals surface area contributed by atoms with Crippen LogP contribution in [0.5, 0.6) is 5.88 Å². The highest BCUT2D eigenvalue weighted by molar-refractivity contribution is 14.0. The molecule has 2 aliphatic heterocycles. The van der Waals surface area contributed by atoms with Crippen LogP contribution in [0.3, 0.4) is 0 Å². The Morgan fingerprint density at radius 2 is 2.07 bits per heavy atom. The molecule has 0 amide bonds. The third-order valence-corrected chi connectivity index (χ3v) is 5.03. The van der Waals surface area contributed by atoms with Crippen LogP contribution in [0.2, 0.25) is 0 Å². The molecule has 1 N–H and O–H groups in total. The molecule has 7 nitrogen and oxygen atoms in total. The summed E-state index contributed by atoms with van der Waals surface area (Å²) < 4.78 is 48.5. The number of rotatable bonds is 6. The van der Waals surface area contributed by atoms with Crippen LogP contribution in [0.4, 0.5) is 13.2 Å². The van der Waals surface area contributed by atoms with Crippen LogP contribution in [-0.4, -0.2) is 85.9 Å². The molecular formula is C19H29F3IN5O2.